The molecule has 2 aromatic heterocycles. The summed E-state index contributed by atoms with van der Waals surface area (Å²) in [5.41, 5.74) is 2.93. The van der Waals surface area contributed by atoms with E-state index in [9.17, 15) is 18.0 Å². The number of aryl methyl sites for hydroxylation is 2. The Morgan fingerprint density at radius 3 is 2.71 bits per heavy atom. The number of benzene rings is 1. The van der Waals surface area contributed by atoms with E-state index in [1.54, 1.807) is 42.3 Å². The fourth-order valence-corrected chi connectivity index (χ4v) is 3.72. The van der Waals surface area contributed by atoms with Crippen LogP contribution in [0.3, 0.4) is 0 Å². The number of aromatic nitrogens is 3. The first-order valence-corrected chi connectivity index (χ1v) is 9.02. The summed E-state index contributed by atoms with van der Waals surface area (Å²) in [5, 5.41) is 4.68. The summed E-state index contributed by atoms with van der Waals surface area (Å²) in [6, 6.07) is 5.28. The number of likely N-dealkylation sites (tertiary alicyclic amines) is 1. The topological polar surface area (TPSA) is 51.0 Å². The van der Waals surface area contributed by atoms with Gasteiger partial charge in [0.1, 0.15) is 6.04 Å². The van der Waals surface area contributed by atoms with Gasteiger partial charge in [-0.25, -0.2) is 4.98 Å². The van der Waals surface area contributed by atoms with Gasteiger partial charge in [-0.15, -0.1) is 0 Å². The van der Waals surface area contributed by atoms with E-state index in [0.29, 0.717) is 28.6 Å². The molecule has 1 amide bonds. The van der Waals surface area contributed by atoms with Crippen LogP contribution in [0.4, 0.5) is 13.2 Å². The van der Waals surface area contributed by atoms with Crippen LogP contribution in [0.25, 0.3) is 22.2 Å². The third-order valence-corrected chi connectivity index (χ3v) is 5.09. The Balaban J connectivity index is 1.86. The van der Waals surface area contributed by atoms with Gasteiger partial charge in [0.2, 0.25) is 0 Å². The number of amides is 1. The van der Waals surface area contributed by atoms with Crippen LogP contribution in [0.5, 0.6) is 0 Å². The smallest absolute Gasteiger partial charge is 0.327 e. The van der Waals surface area contributed by atoms with Gasteiger partial charge in [-0.2, -0.15) is 18.3 Å². The maximum Gasteiger partial charge on any atom is 0.408 e. The molecule has 0 radical (unpaired) electrons. The van der Waals surface area contributed by atoms with Crippen LogP contribution in [0.15, 0.2) is 36.7 Å². The number of halogens is 3. The van der Waals surface area contributed by atoms with Crippen molar-refractivity contribution in [1.82, 2.24) is 19.7 Å². The van der Waals surface area contributed by atoms with Crippen molar-refractivity contribution in [2.24, 2.45) is 7.05 Å². The highest BCUT2D eigenvalue weighted by Crippen LogP contribution is 2.35. The molecule has 3 aromatic rings. The Labute approximate surface area is 159 Å². The summed E-state index contributed by atoms with van der Waals surface area (Å²) in [4.78, 5) is 18.7. The molecule has 1 saturated heterocycles. The van der Waals surface area contributed by atoms with E-state index >= 15 is 0 Å². The molecule has 0 spiro atoms. The van der Waals surface area contributed by atoms with E-state index in [4.69, 9.17) is 0 Å². The zero-order valence-electron chi connectivity index (χ0n) is 15.5. The van der Waals surface area contributed by atoms with Gasteiger partial charge in [-0.1, -0.05) is 11.6 Å². The van der Waals surface area contributed by atoms with Crippen molar-refractivity contribution in [3.63, 3.8) is 0 Å². The Morgan fingerprint density at radius 2 is 2.04 bits per heavy atom. The molecule has 146 valence electrons. The normalized spacial score (nSPS) is 17.5. The van der Waals surface area contributed by atoms with E-state index in [1.165, 1.54) is 0 Å². The third-order valence-electron chi connectivity index (χ3n) is 5.09. The number of hydrogen-bond donors (Lipinski definition) is 0. The van der Waals surface area contributed by atoms with Crippen LogP contribution >= 0.6 is 0 Å². The lowest BCUT2D eigenvalue weighted by molar-refractivity contribution is -0.169. The van der Waals surface area contributed by atoms with Gasteiger partial charge in [0.25, 0.3) is 5.91 Å². The lowest BCUT2D eigenvalue weighted by Crippen LogP contribution is -2.44. The lowest BCUT2D eigenvalue weighted by Gasteiger charge is -2.27. The van der Waals surface area contributed by atoms with Crippen molar-refractivity contribution >= 4 is 16.8 Å². The largest absolute Gasteiger partial charge is 0.408 e. The minimum Gasteiger partial charge on any atom is -0.327 e. The molecular weight excluding hydrogens is 369 g/mol. The highest BCUT2D eigenvalue weighted by molar-refractivity contribution is 6.07. The molecule has 8 heteroatoms. The van der Waals surface area contributed by atoms with E-state index in [1.807, 2.05) is 13.0 Å². The number of pyridine rings is 1. The van der Waals surface area contributed by atoms with Crippen LogP contribution in [-0.2, 0) is 7.05 Å². The third kappa shape index (κ3) is 3.23. The van der Waals surface area contributed by atoms with Gasteiger partial charge in [0, 0.05) is 30.7 Å². The number of carbonyl (C=O) groups excluding carboxylic acids is 1. The lowest BCUT2D eigenvalue weighted by atomic mass is 10.0. The standard InChI is InChI=1S/C20H19F3N4O/c1-12-5-6-16-14(8-12)15(9-17(25-16)13-10-24-26(2)11-13)19(28)27-7-3-4-18(27)20(21,22)23/h5-6,8-11,18H,3-4,7H2,1-2H3/t18-/m0/s1. The van der Waals surface area contributed by atoms with Crippen molar-refractivity contribution in [3.05, 3.63) is 47.8 Å². The summed E-state index contributed by atoms with van der Waals surface area (Å²) in [5.74, 6) is -0.608. The van der Waals surface area contributed by atoms with Gasteiger partial charge < -0.3 is 4.90 Å². The van der Waals surface area contributed by atoms with E-state index in [-0.39, 0.29) is 18.5 Å². The maximum atomic E-state index is 13.4. The van der Waals surface area contributed by atoms with Gasteiger partial charge in [-0.3, -0.25) is 9.48 Å². The zero-order chi connectivity index (χ0) is 20.1. The van der Waals surface area contributed by atoms with Crippen LogP contribution in [-0.4, -0.2) is 44.3 Å². The predicted molar refractivity (Wildman–Crippen MR) is 98.8 cm³/mol. The second-order valence-corrected chi connectivity index (χ2v) is 7.18. The Kier molecular flexibility index (Phi) is 4.36. The molecular formula is C20H19F3N4O. The summed E-state index contributed by atoms with van der Waals surface area (Å²) >= 11 is 0. The Morgan fingerprint density at radius 1 is 1.25 bits per heavy atom. The quantitative estimate of drug-likeness (QED) is 0.664. The molecule has 1 atom stereocenters. The molecule has 0 aliphatic carbocycles. The molecule has 28 heavy (non-hydrogen) atoms. The SMILES string of the molecule is Cc1ccc2nc(-c3cnn(C)c3)cc(C(=O)N3CCC[C@H]3C(F)(F)F)c2c1. The number of alkyl halides is 3. The number of rotatable bonds is 2. The highest BCUT2D eigenvalue weighted by Gasteiger charge is 2.48. The second-order valence-electron chi connectivity index (χ2n) is 7.18. The van der Waals surface area contributed by atoms with Crippen molar-refractivity contribution in [1.29, 1.82) is 0 Å². The van der Waals surface area contributed by atoms with Gasteiger partial charge in [0.05, 0.1) is 23.0 Å². The van der Waals surface area contributed by atoms with E-state index in [2.05, 4.69) is 10.1 Å². The summed E-state index contributed by atoms with van der Waals surface area (Å²) < 4.78 is 41.8. The summed E-state index contributed by atoms with van der Waals surface area (Å²) in [6.07, 6.45) is -0.784. The van der Waals surface area contributed by atoms with Crippen molar-refractivity contribution in [3.8, 4) is 11.3 Å². The first-order valence-electron chi connectivity index (χ1n) is 9.02. The van der Waals surface area contributed by atoms with Crippen LogP contribution in [0.1, 0.15) is 28.8 Å². The second kappa shape index (κ2) is 6.61. The molecule has 3 heterocycles. The molecule has 1 aliphatic rings. The molecule has 0 N–H and O–H groups in total. The Hall–Kier alpha value is -2.90. The molecule has 4 rings (SSSR count). The van der Waals surface area contributed by atoms with Crippen molar-refractivity contribution in [2.75, 3.05) is 6.54 Å². The molecule has 0 bridgehead atoms. The summed E-state index contributed by atoms with van der Waals surface area (Å²) in [7, 11) is 1.76. The van der Waals surface area contributed by atoms with Crippen LogP contribution < -0.4 is 0 Å². The number of carbonyl (C=O) groups is 1. The maximum absolute atomic E-state index is 13.4. The molecule has 0 unspecified atom stereocenters. The predicted octanol–water partition coefficient (Wildman–Crippen LogP) is 4.11. The molecule has 1 fully saturated rings. The fraction of sp³-hybridized carbons (Fsp3) is 0.350. The molecule has 1 aliphatic heterocycles. The number of nitrogens with zero attached hydrogens (tertiary/aromatic N) is 4. The molecule has 0 saturated carbocycles. The van der Waals surface area contributed by atoms with Gasteiger partial charge in [0.15, 0.2) is 0 Å². The first-order chi connectivity index (χ1) is 13.2. The van der Waals surface area contributed by atoms with E-state index in [0.717, 1.165) is 10.5 Å². The van der Waals surface area contributed by atoms with Crippen molar-refractivity contribution in [2.45, 2.75) is 32.0 Å². The van der Waals surface area contributed by atoms with Crippen LogP contribution in [0, 0.1) is 6.92 Å². The number of fused-ring (bicyclic) bond motifs is 1. The first kappa shape index (κ1) is 18.5. The van der Waals surface area contributed by atoms with E-state index < -0.39 is 18.1 Å². The fourth-order valence-electron chi connectivity index (χ4n) is 3.72. The van der Waals surface area contributed by atoms with Crippen molar-refractivity contribution < 1.29 is 18.0 Å². The molecule has 1 aromatic carbocycles. The molecule has 5 nitrogen and oxygen atoms in total. The minimum atomic E-state index is -4.43. The highest BCUT2D eigenvalue weighted by atomic mass is 19.4. The zero-order valence-corrected chi connectivity index (χ0v) is 15.5. The number of hydrogen-bond acceptors (Lipinski definition) is 3. The monoisotopic (exact) mass is 388 g/mol. The summed E-state index contributed by atoms with van der Waals surface area (Å²) in [6.45, 7) is 1.97. The van der Waals surface area contributed by atoms with Gasteiger partial charge >= 0.3 is 6.18 Å². The Bertz CT molecular complexity index is 1060. The minimum absolute atomic E-state index is 0.0628. The van der Waals surface area contributed by atoms with Crippen LogP contribution in [0.2, 0.25) is 0 Å². The van der Waals surface area contributed by atoms with Gasteiger partial charge in [-0.05, 0) is 38.0 Å². The average Bonchev–Trinajstić information content (AvgIpc) is 3.29. The average molecular weight is 388 g/mol.